The van der Waals surface area contributed by atoms with Crippen LogP contribution in [0.1, 0.15) is 0 Å². The minimum atomic E-state index is -1.38. The van der Waals surface area contributed by atoms with Crippen molar-refractivity contribution in [3.05, 3.63) is 24.8 Å². The Morgan fingerprint density at radius 1 is 1.06 bits per heavy atom. The van der Waals surface area contributed by atoms with Crippen LogP contribution < -0.4 is 0 Å². The minimum Gasteiger partial charge on any atom is -0.394 e. The van der Waals surface area contributed by atoms with Gasteiger partial charge in [-0.25, -0.2) is 9.97 Å². The molecule has 0 saturated carbocycles. The molecule has 1 aromatic heterocycles. The molecule has 1 unspecified atom stereocenters. The quantitative estimate of drug-likeness (QED) is 0.436. The Balaban J connectivity index is 0.000000181. The molecule has 7 nitrogen and oxygen atoms in total. The van der Waals surface area contributed by atoms with Gasteiger partial charge in [-0.15, -0.1) is 0 Å². The first-order valence-corrected chi connectivity index (χ1v) is 4.67. The highest BCUT2D eigenvalue weighted by Gasteiger charge is 2.41. The normalized spacial score (nSPS) is 33.0. The third-order valence-corrected chi connectivity index (χ3v) is 1.99. The van der Waals surface area contributed by atoms with Crippen molar-refractivity contribution in [3.63, 3.8) is 0 Å². The summed E-state index contributed by atoms with van der Waals surface area (Å²) in [4.78, 5) is 7.35. The first kappa shape index (κ1) is 12.9. The van der Waals surface area contributed by atoms with E-state index < -0.39 is 31.2 Å². The van der Waals surface area contributed by atoms with E-state index in [0.717, 1.165) is 0 Å². The molecule has 0 amide bonds. The van der Waals surface area contributed by atoms with Crippen LogP contribution in [0.2, 0.25) is 0 Å². The number of aromatic nitrogens is 2. The molecule has 1 aliphatic rings. The second kappa shape index (κ2) is 6.46. The van der Waals surface area contributed by atoms with Crippen LogP contribution in [0, 0.1) is 0 Å². The summed E-state index contributed by atoms with van der Waals surface area (Å²) in [5.74, 6) is 0. The highest BCUT2D eigenvalue weighted by molar-refractivity contribution is 4.84. The van der Waals surface area contributed by atoms with E-state index in [2.05, 4.69) is 14.7 Å². The van der Waals surface area contributed by atoms with Crippen molar-refractivity contribution in [3.8, 4) is 0 Å². The van der Waals surface area contributed by atoms with Gasteiger partial charge >= 0.3 is 0 Å². The molecule has 7 heteroatoms. The van der Waals surface area contributed by atoms with Crippen LogP contribution in [0.25, 0.3) is 0 Å². The van der Waals surface area contributed by atoms with Gasteiger partial charge in [0.25, 0.3) is 0 Å². The zero-order valence-corrected chi connectivity index (χ0v) is 8.42. The Kier molecular flexibility index (Phi) is 5.23. The molecule has 1 aliphatic heterocycles. The first-order valence-electron chi connectivity index (χ1n) is 4.67. The Morgan fingerprint density at radius 3 is 1.88 bits per heavy atom. The van der Waals surface area contributed by atoms with Crippen molar-refractivity contribution >= 4 is 0 Å². The van der Waals surface area contributed by atoms with Crippen molar-refractivity contribution in [1.29, 1.82) is 0 Å². The molecule has 4 N–H and O–H groups in total. The molecule has 2 heterocycles. The molecular formula is C9H14N2O5. The first-order chi connectivity index (χ1) is 7.66. The van der Waals surface area contributed by atoms with Gasteiger partial charge in [0.05, 0.1) is 6.61 Å². The summed E-state index contributed by atoms with van der Waals surface area (Å²) in [6, 6.07) is 1.78. The van der Waals surface area contributed by atoms with Gasteiger partial charge in [0.1, 0.15) is 24.6 Å². The Bertz CT molecular complexity index is 260. The number of hydrogen-bond donors (Lipinski definition) is 4. The van der Waals surface area contributed by atoms with Crippen LogP contribution in [0.5, 0.6) is 0 Å². The maximum absolute atomic E-state index is 8.93. The van der Waals surface area contributed by atoms with Crippen LogP contribution >= 0.6 is 0 Å². The van der Waals surface area contributed by atoms with Crippen LogP contribution in [0.3, 0.4) is 0 Å². The van der Waals surface area contributed by atoms with Crippen LogP contribution in [0.15, 0.2) is 24.8 Å². The molecule has 0 aromatic carbocycles. The molecule has 1 fully saturated rings. The Labute approximate surface area is 92.0 Å². The van der Waals surface area contributed by atoms with Gasteiger partial charge in [-0.05, 0) is 6.07 Å². The fourth-order valence-electron chi connectivity index (χ4n) is 1.13. The number of ether oxygens (including phenoxy) is 1. The van der Waals surface area contributed by atoms with Crippen LogP contribution in [-0.4, -0.2) is 61.6 Å². The summed E-state index contributed by atoms with van der Waals surface area (Å²) in [5.41, 5.74) is 0. The third-order valence-electron chi connectivity index (χ3n) is 1.99. The van der Waals surface area contributed by atoms with Gasteiger partial charge < -0.3 is 25.2 Å². The largest absolute Gasteiger partial charge is 0.394 e. The predicted molar refractivity (Wildman–Crippen MR) is 52.0 cm³/mol. The molecule has 0 radical (unpaired) electrons. The minimum absolute atomic E-state index is 0.407. The van der Waals surface area contributed by atoms with E-state index in [1.54, 1.807) is 18.5 Å². The van der Waals surface area contributed by atoms with Gasteiger partial charge in [0.2, 0.25) is 0 Å². The molecule has 4 atom stereocenters. The van der Waals surface area contributed by atoms with Crippen molar-refractivity contribution in [2.45, 2.75) is 24.6 Å². The van der Waals surface area contributed by atoms with Gasteiger partial charge in [-0.3, -0.25) is 0 Å². The fraction of sp³-hybridized carbons (Fsp3) is 0.556. The molecule has 0 bridgehead atoms. The lowest BCUT2D eigenvalue weighted by molar-refractivity contribution is -0.132. The van der Waals surface area contributed by atoms with E-state index in [1.165, 1.54) is 6.33 Å². The van der Waals surface area contributed by atoms with Crippen molar-refractivity contribution in [1.82, 2.24) is 9.97 Å². The monoisotopic (exact) mass is 230 g/mol. The van der Waals surface area contributed by atoms with E-state index in [4.69, 9.17) is 20.4 Å². The summed E-state index contributed by atoms with van der Waals surface area (Å²) in [6.45, 7) is -0.407. The Morgan fingerprint density at radius 2 is 1.69 bits per heavy atom. The van der Waals surface area contributed by atoms with Crippen molar-refractivity contribution < 1.29 is 25.2 Å². The van der Waals surface area contributed by atoms with Gasteiger partial charge in [-0.1, -0.05) is 0 Å². The molecule has 0 aliphatic carbocycles. The lowest BCUT2D eigenvalue weighted by atomic mass is 10.1. The SMILES string of the molecule is OC[C@H]1OC(O)[C@H](O)[C@@H]1O.c1cncnc1. The summed E-state index contributed by atoms with van der Waals surface area (Å²) < 4.78 is 4.54. The highest BCUT2D eigenvalue weighted by atomic mass is 16.6. The topological polar surface area (TPSA) is 116 Å². The second-order valence-corrected chi connectivity index (χ2v) is 3.13. The smallest absolute Gasteiger partial charge is 0.184 e. The van der Waals surface area contributed by atoms with Gasteiger partial charge in [-0.2, -0.15) is 0 Å². The van der Waals surface area contributed by atoms with E-state index in [0.29, 0.717) is 0 Å². The number of rotatable bonds is 1. The van der Waals surface area contributed by atoms with Crippen LogP contribution in [0.4, 0.5) is 0 Å². The summed E-state index contributed by atoms with van der Waals surface area (Å²) >= 11 is 0. The van der Waals surface area contributed by atoms with Gasteiger partial charge in [0.15, 0.2) is 6.29 Å². The summed E-state index contributed by atoms with van der Waals surface area (Å²) in [6.07, 6.45) is 0.120. The average Bonchev–Trinajstić information content (AvgIpc) is 2.59. The third kappa shape index (κ3) is 3.47. The predicted octanol–water partition coefficient (Wildman–Crippen LogP) is -2.11. The van der Waals surface area contributed by atoms with E-state index in [9.17, 15) is 0 Å². The van der Waals surface area contributed by atoms with E-state index in [-0.39, 0.29) is 0 Å². The number of hydrogen-bond acceptors (Lipinski definition) is 7. The maximum Gasteiger partial charge on any atom is 0.184 e. The zero-order chi connectivity index (χ0) is 12.0. The highest BCUT2D eigenvalue weighted by Crippen LogP contribution is 2.18. The van der Waals surface area contributed by atoms with E-state index >= 15 is 0 Å². The lowest BCUT2D eigenvalue weighted by Gasteiger charge is -2.09. The molecule has 2 rings (SSSR count). The number of nitrogens with zero attached hydrogens (tertiary/aromatic N) is 2. The number of aliphatic hydroxyl groups excluding tert-OH is 4. The second-order valence-electron chi connectivity index (χ2n) is 3.13. The van der Waals surface area contributed by atoms with Crippen molar-refractivity contribution in [2.24, 2.45) is 0 Å². The zero-order valence-electron chi connectivity index (χ0n) is 8.42. The van der Waals surface area contributed by atoms with Crippen LogP contribution in [-0.2, 0) is 4.74 Å². The summed E-state index contributed by atoms with van der Waals surface area (Å²) in [7, 11) is 0. The van der Waals surface area contributed by atoms with Crippen molar-refractivity contribution in [2.75, 3.05) is 6.61 Å². The number of aliphatic hydroxyl groups is 4. The molecule has 16 heavy (non-hydrogen) atoms. The fourth-order valence-corrected chi connectivity index (χ4v) is 1.13. The molecular weight excluding hydrogens is 216 g/mol. The molecule has 1 aromatic rings. The lowest BCUT2D eigenvalue weighted by Crippen LogP contribution is -2.33. The summed E-state index contributed by atoms with van der Waals surface area (Å²) in [5, 5.41) is 35.0. The average molecular weight is 230 g/mol. The Hall–Kier alpha value is -1.12. The molecule has 90 valence electrons. The maximum atomic E-state index is 8.93. The standard InChI is InChI=1S/C5H10O5.C4H4N2/c6-1-2-3(7)4(8)5(9)10-2;1-2-5-4-6-3-1/h2-9H,1H2;1-4H/t2-,3-,4-,5?;/m1./s1. The van der Waals surface area contributed by atoms with Gasteiger partial charge in [0, 0.05) is 12.4 Å². The van der Waals surface area contributed by atoms with E-state index in [1.807, 2.05) is 0 Å². The molecule has 0 spiro atoms. The molecule has 1 saturated heterocycles.